The summed E-state index contributed by atoms with van der Waals surface area (Å²) in [6, 6.07) is 8.06. The maximum Gasteiger partial charge on any atom is 0.341 e. The number of halogens is 3. The minimum absolute atomic E-state index is 0.000756. The van der Waals surface area contributed by atoms with Crippen LogP contribution in [0.25, 0.3) is 11.1 Å². The highest BCUT2D eigenvalue weighted by atomic mass is 79.9. The molecular weight excluding hydrogens is 549 g/mol. The number of hydrogen-bond donors (Lipinski definition) is 3. The molecule has 0 fully saturated rings. The van der Waals surface area contributed by atoms with Gasteiger partial charge < -0.3 is 14.9 Å². The molecule has 0 aliphatic heterocycles. The minimum atomic E-state index is -4.14. The zero-order valence-electron chi connectivity index (χ0n) is 16.1. The lowest BCUT2D eigenvalue weighted by Crippen LogP contribution is -2.12. The number of hydrogen-bond acceptors (Lipinski definition) is 7. The molecule has 1 aromatic heterocycles. The molecule has 0 bridgehead atoms. The van der Waals surface area contributed by atoms with E-state index in [0.717, 1.165) is 24.3 Å². The highest BCUT2D eigenvalue weighted by Crippen LogP contribution is 2.42. The van der Waals surface area contributed by atoms with E-state index in [2.05, 4.69) is 20.7 Å². The zero-order chi connectivity index (χ0) is 23.5. The monoisotopic (exact) mass is 563 g/mol. The second-order valence-corrected chi connectivity index (χ2v) is 10.8. The van der Waals surface area contributed by atoms with E-state index in [1.54, 1.807) is 0 Å². The predicted octanol–water partition coefficient (Wildman–Crippen LogP) is 5.36. The fraction of sp³-hybridized carbons (Fsp3) is 0.150. The van der Waals surface area contributed by atoms with Crippen LogP contribution < -0.4 is 4.72 Å². The van der Waals surface area contributed by atoms with Crippen LogP contribution in [0, 0.1) is 5.82 Å². The third-order valence-electron chi connectivity index (χ3n) is 4.16. The van der Waals surface area contributed by atoms with Gasteiger partial charge in [0, 0.05) is 22.5 Å². The summed E-state index contributed by atoms with van der Waals surface area (Å²) in [5.74, 6) is -2.07. The van der Waals surface area contributed by atoms with Gasteiger partial charge in [0.15, 0.2) is 0 Å². The number of phenolic OH excluding ortho intramolecular Hbond substituents is 2. The number of alkyl halides is 1. The Morgan fingerprint density at radius 1 is 1.12 bits per heavy atom. The lowest BCUT2D eigenvalue weighted by atomic mass is 10.1. The van der Waals surface area contributed by atoms with E-state index in [4.69, 9.17) is 16.3 Å². The number of phenols is 2. The van der Waals surface area contributed by atoms with Crippen LogP contribution in [-0.2, 0) is 14.8 Å². The number of ether oxygens (including phenoxy) is 1. The number of sulfonamides is 1. The summed E-state index contributed by atoms with van der Waals surface area (Å²) in [6.45, 7) is 0.167. The Labute approximate surface area is 200 Å². The average Bonchev–Trinajstić information content (AvgIpc) is 3.12. The first-order valence-electron chi connectivity index (χ1n) is 8.99. The Morgan fingerprint density at radius 3 is 2.56 bits per heavy atom. The minimum Gasteiger partial charge on any atom is -0.507 e. The van der Waals surface area contributed by atoms with Gasteiger partial charge in [-0.1, -0.05) is 27.5 Å². The van der Waals surface area contributed by atoms with Gasteiger partial charge in [-0.15, -0.1) is 11.3 Å². The molecule has 0 radical (unpaired) electrons. The number of nitrogens with one attached hydrogen (secondary N) is 1. The molecular formula is C20H16BrClFNO6S2. The Kier molecular flexibility index (Phi) is 7.65. The first-order chi connectivity index (χ1) is 15.1. The highest BCUT2D eigenvalue weighted by Gasteiger charge is 2.23. The summed E-state index contributed by atoms with van der Waals surface area (Å²) in [6.07, 6.45) is 0.600. The molecule has 0 atom stereocenters. The third-order valence-corrected chi connectivity index (χ3v) is 7.93. The quantitative estimate of drug-likeness (QED) is 0.193. The molecule has 3 rings (SSSR count). The Morgan fingerprint density at radius 2 is 1.88 bits per heavy atom. The molecule has 2 aromatic carbocycles. The lowest BCUT2D eigenvalue weighted by Gasteiger charge is -2.09. The molecule has 0 saturated heterocycles. The van der Waals surface area contributed by atoms with Crippen molar-refractivity contribution in [1.29, 1.82) is 0 Å². The van der Waals surface area contributed by atoms with Crippen molar-refractivity contribution < 1.29 is 32.6 Å². The van der Waals surface area contributed by atoms with Crippen molar-refractivity contribution in [2.45, 2.75) is 10.6 Å². The van der Waals surface area contributed by atoms with Gasteiger partial charge in [-0.05, 0) is 42.8 Å². The van der Waals surface area contributed by atoms with Crippen molar-refractivity contribution in [1.82, 2.24) is 0 Å². The zero-order valence-corrected chi connectivity index (χ0v) is 20.1. The SMILES string of the molecule is O=C(OCCCBr)c1ccc(NS(=O)(=O)c2cc(-c3cc(F)ccc3O)c(Cl)s2)cc1O. The third kappa shape index (κ3) is 5.52. The molecule has 12 heteroatoms. The van der Waals surface area contributed by atoms with Crippen molar-refractivity contribution in [2.24, 2.45) is 0 Å². The van der Waals surface area contributed by atoms with Gasteiger partial charge in [-0.3, -0.25) is 4.72 Å². The Hall–Kier alpha value is -2.34. The summed E-state index contributed by atoms with van der Waals surface area (Å²) in [5.41, 5.74) is 0.0938. The molecule has 1 heterocycles. The summed E-state index contributed by atoms with van der Waals surface area (Å²) >= 11 is 10.1. The van der Waals surface area contributed by atoms with Gasteiger partial charge in [0.25, 0.3) is 10.0 Å². The van der Waals surface area contributed by atoms with Crippen LogP contribution in [-0.4, -0.2) is 36.5 Å². The average molecular weight is 565 g/mol. The van der Waals surface area contributed by atoms with Gasteiger partial charge in [0.2, 0.25) is 0 Å². The van der Waals surface area contributed by atoms with Gasteiger partial charge in [-0.25, -0.2) is 17.6 Å². The summed E-state index contributed by atoms with van der Waals surface area (Å²) in [7, 11) is -4.14. The molecule has 32 heavy (non-hydrogen) atoms. The van der Waals surface area contributed by atoms with Crippen molar-refractivity contribution in [2.75, 3.05) is 16.7 Å². The van der Waals surface area contributed by atoms with Gasteiger partial charge in [0.05, 0.1) is 12.3 Å². The second-order valence-electron chi connectivity index (χ2n) is 6.43. The Bertz CT molecular complexity index is 1260. The number of anilines is 1. The molecule has 0 aliphatic rings. The van der Waals surface area contributed by atoms with Gasteiger partial charge in [-0.2, -0.15) is 0 Å². The molecule has 0 spiro atoms. The van der Waals surface area contributed by atoms with Crippen LogP contribution in [0.15, 0.2) is 46.7 Å². The molecule has 170 valence electrons. The van der Waals surface area contributed by atoms with Crippen molar-refractivity contribution in [3.8, 4) is 22.6 Å². The number of rotatable bonds is 8. The van der Waals surface area contributed by atoms with Gasteiger partial charge >= 0.3 is 5.97 Å². The molecule has 0 aliphatic carbocycles. The second kappa shape index (κ2) is 10.1. The van der Waals surface area contributed by atoms with E-state index < -0.39 is 27.6 Å². The maximum atomic E-state index is 13.6. The summed E-state index contributed by atoms with van der Waals surface area (Å²) in [5, 5.41) is 20.7. The van der Waals surface area contributed by atoms with Crippen LogP contribution in [0.2, 0.25) is 4.34 Å². The van der Waals surface area contributed by atoms with E-state index in [1.807, 2.05) is 0 Å². The first-order valence-corrected chi connectivity index (χ1v) is 12.8. The standard InChI is InChI=1S/C20H16BrClFNO6S2/c21-6-1-7-30-20(27)13-4-3-12(9-17(13)26)24-32(28,29)18-10-15(19(22)31-18)14-8-11(23)2-5-16(14)25/h2-5,8-10,24-26H,1,6-7H2. The normalized spacial score (nSPS) is 11.3. The van der Waals surface area contributed by atoms with E-state index in [0.29, 0.717) is 23.1 Å². The maximum absolute atomic E-state index is 13.6. The van der Waals surface area contributed by atoms with E-state index in [9.17, 15) is 27.8 Å². The molecule has 7 nitrogen and oxygen atoms in total. The van der Waals surface area contributed by atoms with Crippen molar-refractivity contribution in [3.05, 3.63) is 58.2 Å². The topological polar surface area (TPSA) is 113 Å². The number of carbonyl (C=O) groups is 1. The van der Waals surface area contributed by atoms with Crippen LogP contribution in [0.4, 0.5) is 10.1 Å². The number of esters is 1. The van der Waals surface area contributed by atoms with E-state index >= 15 is 0 Å². The summed E-state index contributed by atoms with van der Waals surface area (Å²) in [4.78, 5) is 12.0. The number of benzene rings is 2. The van der Waals surface area contributed by atoms with E-state index in [1.165, 1.54) is 18.2 Å². The molecule has 0 amide bonds. The van der Waals surface area contributed by atoms with Crippen molar-refractivity contribution in [3.63, 3.8) is 0 Å². The predicted molar refractivity (Wildman–Crippen MR) is 124 cm³/mol. The Balaban J connectivity index is 1.83. The number of thiophene rings is 1. The fourth-order valence-corrected chi connectivity index (χ4v) is 5.69. The van der Waals surface area contributed by atoms with Crippen LogP contribution in [0.3, 0.4) is 0 Å². The van der Waals surface area contributed by atoms with Gasteiger partial charge in [0.1, 0.15) is 31.4 Å². The van der Waals surface area contributed by atoms with Crippen LogP contribution >= 0.6 is 38.9 Å². The highest BCUT2D eigenvalue weighted by molar-refractivity contribution is 9.09. The van der Waals surface area contributed by atoms with E-state index in [-0.39, 0.29) is 43.3 Å². The molecule has 0 unspecified atom stereocenters. The lowest BCUT2D eigenvalue weighted by molar-refractivity contribution is 0.0503. The molecule has 3 aromatic rings. The van der Waals surface area contributed by atoms with Crippen molar-refractivity contribution >= 4 is 60.5 Å². The fourth-order valence-electron chi connectivity index (χ4n) is 2.66. The molecule has 3 N–H and O–H groups in total. The summed E-state index contributed by atoms with van der Waals surface area (Å²) < 4.78 is 46.3. The number of carbonyl (C=O) groups excluding carboxylic acids is 1. The van der Waals surface area contributed by atoms with Crippen LogP contribution in [0.5, 0.6) is 11.5 Å². The van der Waals surface area contributed by atoms with Crippen LogP contribution in [0.1, 0.15) is 16.8 Å². The smallest absolute Gasteiger partial charge is 0.341 e. The number of aromatic hydroxyl groups is 2. The largest absolute Gasteiger partial charge is 0.507 e. The molecule has 0 saturated carbocycles. The first kappa shape index (κ1) is 24.3.